The van der Waals surface area contributed by atoms with Crippen LogP contribution >= 0.6 is 0 Å². The van der Waals surface area contributed by atoms with Crippen molar-refractivity contribution >= 4 is 15.7 Å². The first-order valence-corrected chi connectivity index (χ1v) is 7.93. The lowest BCUT2D eigenvalue weighted by Crippen LogP contribution is -2.55. The van der Waals surface area contributed by atoms with Crippen LogP contribution in [0.2, 0.25) is 0 Å². The summed E-state index contributed by atoms with van der Waals surface area (Å²) in [5.41, 5.74) is 4.95. The van der Waals surface area contributed by atoms with Gasteiger partial charge in [0.05, 0.1) is 18.3 Å². The monoisotopic (exact) mass is 318 g/mol. The Morgan fingerprint density at radius 3 is 2.81 bits per heavy atom. The van der Waals surface area contributed by atoms with Crippen molar-refractivity contribution < 1.29 is 22.7 Å². The number of ether oxygens (including phenoxy) is 1. The molecule has 1 aromatic rings. The van der Waals surface area contributed by atoms with Gasteiger partial charge in [-0.1, -0.05) is 0 Å². The fourth-order valence-electron chi connectivity index (χ4n) is 2.38. The van der Waals surface area contributed by atoms with Crippen LogP contribution in [0.25, 0.3) is 0 Å². The number of morpholine rings is 1. The summed E-state index contributed by atoms with van der Waals surface area (Å²) < 4.78 is 45.7. The molecule has 0 amide bonds. The first-order valence-electron chi connectivity index (χ1n) is 6.49. The fourth-order valence-corrected chi connectivity index (χ4v) is 4.10. The van der Waals surface area contributed by atoms with Crippen LogP contribution in [0.4, 0.5) is 10.1 Å². The lowest BCUT2D eigenvalue weighted by molar-refractivity contribution is -0.131. The quantitative estimate of drug-likeness (QED) is 0.795. The van der Waals surface area contributed by atoms with Crippen LogP contribution in [0, 0.1) is 5.82 Å². The third kappa shape index (κ3) is 3.34. The Morgan fingerprint density at radius 2 is 2.19 bits per heavy atom. The highest BCUT2D eigenvalue weighted by atomic mass is 32.2. The van der Waals surface area contributed by atoms with Crippen molar-refractivity contribution in [3.05, 3.63) is 24.0 Å². The molecule has 2 rings (SSSR count). The number of halogens is 1. The molecule has 0 radical (unpaired) electrons. The zero-order chi connectivity index (χ0) is 15.8. The second-order valence-corrected chi connectivity index (χ2v) is 7.58. The molecule has 1 saturated heterocycles. The molecule has 0 aromatic heterocycles. The van der Waals surface area contributed by atoms with Gasteiger partial charge >= 0.3 is 0 Å². The minimum absolute atomic E-state index is 0.0312. The van der Waals surface area contributed by atoms with E-state index in [-0.39, 0.29) is 25.4 Å². The normalized spacial score (nSPS) is 23.1. The first kappa shape index (κ1) is 16.2. The zero-order valence-electron chi connectivity index (χ0n) is 11.9. The molecule has 0 aliphatic carbocycles. The van der Waals surface area contributed by atoms with E-state index in [9.17, 15) is 17.9 Å². The Hall–Kier alpha value is -1.22. The summed E-state index contributed by atoms with van der Waals surface area (Å²) in [6.07, 6.45) is -0.646. The molecule has 1 aliphatic heterocycles. The van der Waals surface area contributed by atoms with Crippen LogP contribution in [-0.2, 0) is 14.8 Å². The predicted molar refractivity (Wildman–Crippen MR) is 75.6 cm³/mol. The van der Waals surface area contributed by atoms with Crippen molar-refractivity contribution in [3.63, 3.8) is 0 Å². The number of hydrogen-bond donors (Lipinski definition) is 2. The summed E-state index contributed by atoms with van der Waals surface area (Å²) in [6.45, 7) is 3.16. The average molecular weight is 318 g/mol. The molecule has 0 spiro atoms. The van der Waals surface area contributed by atoms with Gasteiger partial charge in [-0.2, -0.15) is 4.31 Å². The Morgan fingerprint density at radius 1 is 1.52 bits per heavy atom. The summed E-state index contributed by atoms with van der Waals surface area (Å²) in [7, 11) is -4.04. The molecule has 1 fully saturated rings. The number of aliphatic hydroxyl groups is 1. The molecule has 8 heteroatoms. The van der Waals surface area contributed by atoms with Gasteiger partial charge in [0.25, 0.3) is 0 Å². The molecule has 21 heavy (non-hydrogen) atoms. The second-order valence-electron chi connectivity index (χ2n) is 5.67. The average Bonchev–Trinajstić information content (AvgIpc) is 2.39. The maximum atomic E-state index is 13.8. The number of nitrogen functional groups attached to an aromatic ring is 1. The van der Waals surface area contributed by atoms with Crippen LogP contribution < -0.4 is 5.73 Å². The number of aliphatic hydroxyl groups excluding tert-OH is 1. The lowest BCUT2D eigenvalue weighted by atomic mass is 10.1. The molecule has 1 atom stereocenters. The Labute approximate surface area is 123 Å². The van der Waals surface area contributed by atoms with E-state index >= 15 is 0 Å². The van der Waals surface area contributed by atoms with Crippen molar-refractivity contribution in [1.82, 2.24) is 4.31 Å². The van der Waals surface area contributed by atoms with E-state index < -0.39 is 32.4 Å². The number of benzene rings is 1. The standard InChI is InChI=1S/C13H19FN2O4S/c1-13(2)8-16(6-10(7-17)20-13)21(18,19)12-5-9(15)3-4-11(12)14/h3-5,10,17H,6-8,15H2,1-2H3. The molecule has 1 heterocycles. The highest BCUT2D eigenvalue weighted by molar-refractivity contribution is 7.89. The second kappa shape index (κ2) is 5.53. The maximum Gasteiger partial charge on any atom is 0.246 e. The molecular formula is C13H19FN2O4S. The highest BCUT2D eigenvalue weighted by Crippen LogP contribution is 2.28. The van der Waals surface area contributed by atoms with Crippen LogP contribution in [0.1, 0.15) is 13.8 Å². The smallest absolute Gasteiger partial charge is 0.246 e. The molecule has 0 bridgehead atoms. The topological polar surface area (TPSA) is 92.9 Å². The first-order chi connectivity index (χ1) is 9.65. The maximum absolute atomic E-state index is 13.8. The van der Waals surface area contributed by atoms with E-state index in [2.05, 4.69) is 0 Å². The van der Waals surface area contributed by atoms with Gasteiger partial charge < -0.3 is 15.6 Å². The van der Waals surface area contributed by atoms with Crippen molar-refractivity contribution in [3.8, 4) is 0 Å². The summed E-state index contributed by atoms with van der Waals surface area (Å²) in [5.74, 6) is -0.853. The van der Waals surface area contributed by atoms with Crippen LogP contribution in [0.5, 0.6) is 0 Å². The van der Waals surface area contributed by atoms with Crippen LogP contribution in [-0.4, -0.2) is 49.2 Å². The van der Waals surface area contributed by atoms with E-state index in [4.69, 9.17) is 10.5 Å². The largest absolute Gasteiger partial charge is 0.399 e. The third-order valence-electron chi connectivity index (χ3n) is 3.23. The number of nitrogens with two attached hydrogens (primary N) is 1. The Bertz CT molecular complexity index is 633. The van der Waals surface area contributed by atoms with Gasteiger partial charge in [-0.3, -0.25) is 0 Å². The number of sulfonamides is 1. The molecule has 1 aliphatic rings. The van der Waals surface area contributed by atoms with Crippen molar-refractivity contribution in [2.24, 2.45) is 0 Å². The van der Waals surface area contributed by atoms with Gasteiger partial charge in [0.1, 0.15) is 10.7 Å². The summed E-state index contributed by atoms with van der Waals surface area (Å²) >= 11 is 0. The summed E-state index contributed by atoms with van der Waals surface area (Å²) in [6, 6.07) is 3.42. The van der Waals surface area contributed by atoms with E-state index in [1.165, 1.54) is 6.07 Å². The van der Waals surface area contributed by atoms with Gasteiger partial charge in [0.2, 0.25) is 10.0 Å². The number of rotatable bonds is 3. The van der Waals surface area contributed by atoms with Crippen molar-refractivity contribution in [1.29, 1.82) is 0 Å². The highest BCUT2D eigenvalue weighted by Gasteiger charge is 2.40. The predicted octanol–water partition coefficient (Wildman–Crippen LogP) is 0.568. The molecule has 118 valence electrons. The molecule has 6 nitrogen and oxygen atoms in total. The van der Waals surface area contributed by atoms with Gasteiger partial charge in [0, 0.05) is 18.8 Å². The molecule has 1 unspecified atom stereocenters. The minimum Gasteiger partial charge on any atom is -0.399 e. The Kier molecular flexibility index (Phi) is 4.25. The summed E-state index contributed by atoms with van der Waals surface area (Å²) in [5, 5.41) is 9.24. The lowest BCUT2D eigenvalue weighted by Gasteiger charge is -2.41. The number of anilines is 1. The number of nitrogens with zero attached hydrogens (tertiary/aromatic N) is 1. The van der Waals surface area contributed by atoms with Gasteiger partial charge in [-0.15, -0.1) is 0 Å². The molecule has 0 saturated carbocycles. The van der Waals surface area contributed by atoms with Crippen molar-refractivity contribution in [2.45, 2.75) is 30.4 Å². The fraction of sp³-hybridized carbons (Fsp3) is 0.538. The molecular weight excluding hydrogens is 299 g/mol. The van der Waals surface area contributed by atoms with Gasteiger partial charge in [-0.25, -0.2) is 12.8 Å². The molecule has 3 N–H and O–H groups in total. The van der Waals surface area contributed by atoms with Crippen molar-refractivity contribution in [2.75, 3.05) is 25.4 Å². The van der Waals surface area contributed by atoms with E-state index in [1.54, 1.807) is 13.8 Å². The van der Waals surface area contributed by atoms with Gasteiger partial charge in [-0.05, 0) is 32.0 Å². The van der Waals surface area contributed by atoms with E-state index in [0.29, 0.717) is 0 Å². The third-order valence-corrected chi connectivity index (χ3v) is 5.05. The van der Waals surface area contributed by atoms with E-state index in [0.717, 1.165) is 16.4 Å². The summed E-state index contributed by atoms with van der Waals surface area (Å²) in [4.78, 5) is -0.461. The molecule has 1 aromatic carbocycles. The van der Waals surface area contributed by atoms with Gasteiger partial charge in [0.15, 0.2) is 0 Å². The van der Waals surface area contributed by atoms with E-state index in [1.807, 2.05) is 0 Å². The SMILES string of the molecule is CC1(C)CN(S(=O)(=O)c2cc(N)ccc2F)CC(CO)O1. The zero-order valence-corrected chi connectivity index (χ0v) is 12.7. The van der Waals surface area contributed by atoms with Crippen LogP contribution in [0.15, 0.2) is 23.1 Å². The Balaban J connectivity index is 2.41. The number of hydrogen-bond acceptors (Lipinski definition) is 5. The van der Waals surface area contributed by atoms with Crippen LogP contribution in [0.3, 0.4) is 0 Å². The minimum atomic E-state index is -4.04.